The van der Waals surface area contributed by atoms with Crippen LogP contribution in [0.2, 0.25) is 0 Å². The molecule has 2 aliphatic carbocycles. The molecule has 1 amide bonds. The van der Waals surface area contributed by atoms with Crippen LogP contribution in [-0.4, -0.2) is 5.91 Å². The molecule has 3 aromatic rings. The van der Waals surface area contributed by atoms with E-state index in [-0.39, 0.29) is 5.91 Å². The van der Waals surface area contributed by atoms with Crippen molar-refractivity contribution in [1.29, 1.82) is 0 Å². The second-order valence-electron chi connectivity index (χ2n) is 10.5. The van der Waals surface area contributed by atoms with Gasteiger partial charge in [0, 0.05) is 16.9 Å². The van der Waals surface area contributed by atoms with E-state index in [0.717, 1.165) is 23.1 Å². The molecule has 0 radical (unpaired) electrons. The zero-order chi connectivity index (χ0) is 22.5. The molecule has 3 nitrogen and oxygen atoms in total. The smallest absolute Gasteiger partial charge is 0.255 e. The molecule has 3 heteroatoms. The van der Waals surface area contributed by atoms with Crippen LogP contribution in [0.1, 0.15) is 78.0 Å². The molecule has 2 saturated carbocycles. The number of fused-ring (bicyclic) bond motifs is 7. The van der Waals surface area contributed by atoms with Crippen LogP contribution in [0.3, 0.4) is 0 Å². The Morgan fingerprint density at radius 2 is 1.70 bits per heavy atom. The monoisotopic (exact) mass is 436 g/mol. The van der Waals surface area contributed by atoms with E-state index in [1.165, 1.54) is 41.6 Å². The summed E-state index contributed by atoms with van der Waals surface area (Å²) in [5, 5.41) is 6.97. The quantitative estimate of drug-likeness (QED) is 0.449. The summed E-state index contributed by atoms with van der Waals surface area (Å²) in [7, 11) is 0. The molecule has 6 rings (SSSR count). The number of benzene rings is 3. The Kier molecular flexibility index (Phi) is 5.01. The molecule has 5 atom stereocenters. The molecule has 168 valence electrons. The summed E-state index contributed by atoms with van der Waals surface area (Å²) < 4.78 is 0. The van der Waals surface area contributed by atoms with Gasteiger partial charge in [-0.2, -0.15) is 0 Å². The van der Waals surface area contributed by atoms with Crippen molar-refractivity contribution < 1.29 is 4.79 Å². The van der Waals surface area contributed by atoms with E-state index in [9.17, 15) is 4.79 Å². The van der Waals surface area contributed by atoms with Crippen LogP contribution in [0.25, 0.3) is 0 Å². The molecule has 33 heavy (non-hydrogen) atoms. The van der Waals surface area contributed by atoms with Crippen molar-refractivity contribution in [2.45, 2.75) is 51.0 Å². The van der Waals surface area contributed by atoms with Crippen molar-refractivity contribution >= 4 is 17.3 Å². The Labute approximate surface area is 196 Å². The summed E-state index contributed by atoms with van der Waals surface area (Å²) in [5.41, 5.74) is 6.82. The molecule has 2 fully saturated rings. The lowest BCUT2D eigenvalue weighted by Gasteiger charge is -2.43. The van der Waals surface area contributed by atoms with E-state index in [2.05, 4.69) is 79.1 Å². The minimum absolute atomic E-state index is 0.0278. The minimum atomic E-state index is -0.0278. The molecule has 2 N–H and O–H groups in total. The SMILES string of the molecule is CC(C)c1ccc(NC(=O)c2ccc3c(c2)[C@@H]2[C@H]4CC[C@@H](C4)[C@H]2[C@H](c2ccccc2)N3)cc1. The average molecular weight is 437 g/mol. The molecule has 1 aliphatic heterocycles. The van der Waals surface area contributed by atoms with Gasteiger partial charge in [0.15, 0.2) is 0 Å². The summed E-state index contributed by atoms with van der Waals surface area (Å²) in [6.45, 7) is 4.36. The first-order valence-corrected chi connectivity index (χ1v) is 12.4. The Balaban J connectivity index is 1.30. The molecule has 2 bridgehead atoms. The van der Waals surface area contributed by atoms with Crippen LogP contribution in [0.15, 0.2) is 72.8 Å². The van der Waals surface area contributed by atoms with Gasteiger partial charge in [-0.3, -0.25) is 4.79 Å². The maximum Gasteiger partial charge on any atom is 0.255 e. The van der Waals surface area contributed by atoms with Crippen LogP contribution in [0.5, 0.6) is 0 Å². The van der Waals surface area contributed by atoms with Gasteiger partial charge in [0.1, 0.15) is 0 Å². The number of rotatable bonds is 4. The van der Waals surface area contributed by atoms with Gasteiger partial charge in [-0.1, -0.05) is 56.3 Å². The third-order valence-corrected chi connectivity index (χ3v) is 8.34. The van der Waals surface area contributed by atoms with E-state index in [1.54, 1.807) is 0 Å². The van der Waals surface area contributed by atoms with E-state index < -0.39 is 0 Å². The summed E-state index contributed by atoms with van der Waals surface area (Å²) in [4.78, 5) is 13.1. The molecule has 3 aliphatic rings. The minimum Gasteiger partial charge on any atom is -0.378 e. The predicted octanol–water partition coefficient (Wildman–Crippen LogP) is 7.36. The molecule has 0 saturated heterocycles. The number of amides is 1. The zero-order valence-corrected chi connectivity index (χ0v) is 19.4. The van der Waals surface area contributed by atoms with Gasteiger partial charge in [0.25, 0.3) is 5.91 Å². The molecule has 3 aromatic carbocycles. The highest BCUT2D eigenvalue weighted by Crippen LogP contribution is 2.63. The molecule has 0 spiro atoms. The highest BCUT2D eigenvalue weighted by atomic mass is 16.1. The van der Waals surface area contributed by atoms with Crippen LogP contribution >= 0.6 is 0 Å². The lowest BCUT2D eigenvalue weighted by Crippen LogP contribution is -2.35. The topological polar surface area (TPSA) is 41.1 Å². The summed E-state index contributed by atoms with van der Waals surface area (Å²) >= 11 is 0. The zero-order valence-electron chi connectivity index (χ0n) is 19.4. The lowest BCUT2D eigenvalue weighted by molar-refractivity contribution is 0.102. The largest absolute Gasteiger partial charge is 0.378 e. The molecule has 0 aromatic heterocycles. The van der Waals surface area contributed by atoms with Gasteiger partial charge >= 0.3 is 0 Å². The van der Waals surface area contributed by atoms with Crippen molar-refractivity contribution in [3.63, 3.8) is 0 Å². The van der Waals surface area contributed by atoms with Crippen molar-refractivity contribution in [3.05, 3.63) is 95.1 Å². The third-order valence-electron chi connectivity index (χ3n) is 8.34. The van der Waals surface area contributed by atoms with Gasteiger partial charge in [0.05, 0.1) is 6.04 Å². The maximum atomic E-state index is 13.1. The molecule has 1 heterocycles. The van der Waals surface area contributed by atoms with Crippen LogP contribution in [0, 0.1) is 17.8 Å². The fourth-order valence-electron chi connectivity index (χ4n) is 6.77. The summed E-state index contributed by atoms with van der Waals surface area (Å²) in [6, 6.07) is 25.7. The Hall–Kier alpha value is -3.07. The number of nitrogens with one attached hydrogen (secondary N) is 2. The van der Waals surface area contributed by atoms with Gasteiger partial charge in [-0.25, -0.2) is 0 Å². The normalized spacial score (nSPS) is 27.1. The van der Waals surface area contributed by atoms with Gasteiger partial charge in [-0.15, -0.1) is 0 Å². The van der Waals surface area contributed by atoms with Crippen molar-refractivity contribution in [3.8, 4) is 0 Å². The number of hydrogen-bond donors (Lipinski definition) is 2. The second-order valence-corrected chi connectivity index (χ2v) is 10.5. The van der Waals surface area contributed by atoms with Gasteiger partial charge < -0.3 is 10.6 Å². The molecule has 0 unspecified atom stereocenters. The average Bonchev–Trinajstić information content (AvgIpc) is 3.47. The Morgan fingerprint density at radius 1 is 0.939 bits per heavy atom. The number of carbonyl (C=O) groups excluding carboxylic acids is 1. The van der Waals surface area contributed by atoms with Gasteiger partial charge in [0.2, 0.25) is 0 Å². The fraction of sp³-hybridized carbons (Fsp3) is 0.367. The molecular weight excluding hydrogens is 404 g/mol. The van der Waals surface area contributed by atoms with E-state index in [1.807, 2.05) is 18.2 Å². The van der Waals surface area contributed by atoms with E-state index in [4.69, 9.17) is 0 Å². The summed E-state index contributed by atoms with van der Waals surface area (Å²) in [6.07, 6.45) is 4.00. The first kappa shape index (κ1) is 20.5. The van der Waals surface area contributed by atoms with Crippen LogP contribution in [-0.2, 0) is 0 Å². The highest BCUT2D eigenvalue weighted by molar-refractivity contribution is 6.04. The fourth-order valence-corrected chi connectivity index (χ4v) is 6.77. The number of carbonyl (C=O) groups is 1. The summed E-state index contributed by atoms with van der Waals surface area (Å²) in [5.74, 6) is 3.14. The van der Waals surface area contributed by atoms with E-state index in [0.29, 0.717) is 23.8 Å². The Morgan fingerprint density at radius 3 is 2.45 bits per heavy atom. The maximum absolute atomic E-state index is 13.1. The van der Waals surface area contributed by atoms with E-state index >= 15 is 0 Å². The highest BCUT2D eigenvalue weighted by Gasteiger charge is 2.53. The first-order chi connectivity index (χ1) is 16.1. The number of anilines is 2. The predicted molar refractivity (Wildman–Crippen MR) is 135 cm³/mol. The Bertz CT molecular complexity index is 1170. The second kappa shape index (κ2) is 8.06. The van der Waals surface area contributed by atoms with Crippen molar-refractivity contribution in [1.82, 2.24) is 0 Å². The van der Waals surface area contributed by atoms with Crippen LogP contribution < -0.4 is 10.6 Å². The number of hydrogen-bond acceptors (Lipinski definition) is 2. The third kappa shape index (κ3) is 3.55. The standard InChI is InChI=1S/C30H32N2O/c1-18(2)19-10-13-24(14-11-19)31-30(33)23-12-15-26-25(17-23)27-21-8-9-22(16-21)28(27)29(32-26)20-6-4-3-5-7-20/h3-7,10-15,17-18,21-22,27-29,32H,8-9,16H2,1-2H3,(H,31,33)/t21-,22-,27-,28+,29-/m0/s1. The van der Waals surface area contributed by atoms with Crippen molar-refractivity contribution in [2.75, 3.05) is 10.6 Å². The molecular formula is C30H32N2O. The lowest BCUT2D eigenvalue weighted by atomic mass is 9.68. The van der Waals surface area contributed by atoms with Crippen molar-refractivity contribution in [2.24, 2.45) is 17.8 Å². The van der Waals surface area contributed by atoms with Crippen LogP contribution in [0.4, 0.5) is 11.4 Å². The first-order valence-electron chi connectivity index (χ1n) is 12.4. The van der Waals surface area contributed by atoms with Gasteiger partial charge in [-0.05, 0) is 95.9 Å².